The van der Waals surface area contributed by atoms with Crippen LogP contribution in [-0.2, 0) is 11.2 Å². The van der Waals surface area contributed by atoms with Crippen molar-refractivity contribution in [3.63, 3.8) is 0 Å². The molecule has 7 heteroatoms. The van der Waals surface area contributed by atoms with Crippen LogP contribution in [0.3, 0.4) is 0 Å². The number of hydrogen-bond acceptors (Lipinski definition) is 4. The molecule has 0 saturated carbocycles. The average molecular weight is 344 g/mol. The highest BCUT2D eigenvalue weighted by atomic mass is 16.5. The van der Waals surface area contributed by atoms with E-state index in [1.54, 1.807) is 31.2 Å². The molecule has 7 nitrogen and oxygen atoms in total. The number of aryl methyl sites for hydroxylation is 2. The predicted octanol–water partition coefficient (Wildman–Crippen LogP) is 3.39. The van der Waals surface area contributed by atoms with Gasteiger partial charge in [0.25, 0.3) is 0 Å². The van der Waals surface area contributed by atoms with Gasteiger partial charge >= 0.3 is 6.03 Å². The number of carbonyl (C=O) groups excluding carboxylic acids is 2. The standard InChI is InChI=1S/C18H24N4O3/c1-5-17(23)20-14-6-8-15(9-7-14)21-18(24)19-11(2)10-16-12(3)22-25-13(16)4/h6-9,11H,5,10H2,1-4H3,(H,20,23)(H2,19,21,24)/t11-/m1/s1. The number of carbonyl (C=O) groups is 2. The van der Waals surface area contributed by atoms with E-state index in [4.69, 9.17) is 4.52 Å². The summed E-state index contributed by atoms with van der Waals surface area (Å²) in [5.41, 5.74) is 3.21. The van der Waals surface area contributed by atoms with Gasteiger partial charge in [-0.15, -0.1) is 0 Å². The Hall–Kier alpha value is -2.83. The minimum atomic E-state index is -0.287. The van der Waals surface area contributed by atoms with Crippen LogP contribution in [0.4, 0.5) is 16.2 Å². The van der Waals surface area contributed by atoms with Crippen molar-refractivity contribution in [1.29, 1.82) is 0 Å². The van der Waals surface area contributed by atoms with E-state index >= 15 is 0 Å². The summed E-state index contributed by atoms with van der Waals surface area (Å²) in [5, 5.41) is 12.3. The van der Waals surface area contributed by atoms with Gasteiger partial charge in [0.15, 0.2) is 0 Å². The molecule has 0 unspecified atom stereocenters. The third-order valence-corrected chi connectivity index (χ3v) is 3.82. The molecule has 0 aliphatic rings. The van der Waals surface area contributed by atoms with E-state index in [0.29, 0.717) is 24.2 Å². The second-order valence-corrected chi connectivity index (χ2v) is 5.99. The summed E-state index contributed by atoms with van der Waals surface area (Å²) < 4.78 is 5.14. The largest absolute Gasteiger partial charge is 0.361 e. The van der Waals surface area contributed by atoms with E-state index in [-0.39, 0.29) is 18.0 Å². The van der Waals surface area contributed by atoms with Crippen molar-refractivity contribution in [3.8, 4) is 0 Å². The van der Waals surface area contributed by atoms with Gasteiger partial charge in [-0.05, 0) is 51.5 Å². The topological polar surface area (TPSA) is 96.3 Å². The Morgan fingerprint density at radius 1 is 1.12 bits per heavy atom. The van der Waals surface area contributed by atoms with Crippen molar-refractivity contribution in [2.45, 2.75) is 46.6 Å². The zero-order valence-electron chi connectivity index (χ0n) is 15.0. The second-order valence-electron chi connectivity index (χ2n) is 5.99. The first-order chi connectivity index (χ1) is 11.9. The van der Waals surface area contributed by atoms with Crippen LogP contribution in [0.5, 0.6) is 0 Å². The number of rotatable bonds is 6. The molecular formula is C18H24N4O3. The van der Waals surface area contributed by atoms with E-state index in [1.165, 1.54) is 0 Å². The van der Waals surface area contributed by atoms with Crippen LogP contribution in [0.2, 0.25) is 0 Å². The zero-order chi connectivity index (χ0) is 18.4. The predicted molar refractivity (Wildman–Crippen MR) is 96.7 cm³/mol. The first-order valence-electron chi connectivity index (χ1n) is 8.28. The Labute approximate surface area is 147 Å². The SMILES string of the molecule is CCC(=O)Nc1ccc(NC(=O)N[C@H](C)Cc2c(C)noc2C)cc1. The first-order valence-corrected chi connectivity index (χ1v) is 8.28. The molecule has 0 radical (unpaired) electrons. The minimum absolute atomic E-state index is 0.0494. The Morgan fingerprint density at radius 2 is 1.72 bits per heavy atom. The molecule has 2 aromatic rings. The summed E-state index contributed by atoms with van der Waals surface area (Å²) in [6.45, 7) is 7.46. The molecule has 1 atom stereocenters. The van der Waals surface area contributed by atoms with Gasteiger partial charge in [0.05, 0.1) is 5.69 Å². The maximum Gasteiger partial charge on any atom is 0.319 e. The quantitative estimate of drug-likeness (QED) is 0.748. The van der Waals surface area contributed by atoms with Gasteiger partial charge in [-0.2, -0.15) is 0 Å². The van der Waals surface area contributed by atoms with Crippen molar-refractivity contribution < 1.29 is 14.1 Å². The second kappa shape index (κ2) is 8.32. The Kier molecular flexibility index (Phi) is 6.16. The summed E-state index contributed by atoms with van der Waals surface area (Å²) >= 11 is 0. The number of nitrogens with one attached hydrogen (secondary N) is 3. The van der Waals surface area contributed by atoms with E-state index in [1.807, 2.05) is 20.8 Å². The van der Waals surface area contributed by atoms with Crippen LogP contribution in [0.25, 0.3) is 0 Å². The lowest BCUT2D eigenvalue weighted by atomic mass is 10.1. The molecule has 3 N–H and O–H groups in total. The molecule has 0 bridgehead atoms. The Bertz CT molecular complexity index is 718. The van der Waals surface area contributed by atoms with Crippen molar-refractivity contribution >= 4 is 23.3 Å². The average Bonchev–Trinajstić information content (AvgIpc) is 2.88. The van der Waals surface area contributed by atoms with E-state index in [2.05, 4.69) is 21.1 Å². The summed E-state index contributed by atoms with van der Waals surface area (Å²) in [5.74, 6) is 0.725. The van der Waals surface area contributed by atoms with E-state index in [0.717, 1.165) is 17.0 Å². The lowest BCUT2D eigenvalue weighted by Gasteiger charge is -2.15. The van der Waals surface area contributed by atoms with Crippen LogP contribution in [-0.4, -0.2) is 23.1 Å². The monoisotopic (exact) mass is 344 g/mol. The van der Waals surface area contributed by atoms with Crippen LogP contribution >= 0.6 is 0 Å². The highest BCUT2D eigenvalue weighted by Gasteiger charge is 2.14. The van der Waals surface area contributed by atoms with Crippen molar-refractivity contribution in [2.24, 2.45) is 0 Å². The summed E-state index contributed by atoms with van der Waals surface area (Å²) in [6, 6.07) is 6.62. The number of aromatic nitrogens is 1. The van der Waals surface area contributed by atoms with Crippen molar-refractivity contribution in [1.82, 2.24) is 10.5 Å². The van der Waals surface area contributed by atoms with Gasteiger partial charge < -0.3 is 20.5 Å². The number of hydrogen-bond donors (Lipinski definition) is 3. The smallest absolute Gasteiger partial charge is 0.319 e. The number of nitrogens with zero attached hydrogens (tertiary/aromatic N) is 1. The normalized spacial score (nSPS) is 11.7. The summed E-state index contributed by atoms with van der Waals surface area (Å²) in [7, 11) is 0. The molecule has 134 valence electrons. The molecule has 2 rings (SSSR count). The number of anilines is 2. The lowest BCUT2D eigenvalue weighted by molar-refractivity contribution is -0.115. The van der Waals surface area contributed by atoms with Crippen molar-refractivity contribution in [2.75, 3.05) is 10.6 Å². The molecule has 3 amide bonds. The van der Waals surface area contributed by atoms with Gasteiger partial charge in [-0.25, -0.2) is 4.79 Å². The molecule has 0 aliphatic carbocycles. The van der Waals surface area contributed by atoms with Gasteiger partial charge in [0.1, 0.15) is 5.76 Å². The summed E-state index contributed by atoms with van der Waals surface area (Å²) in [6.07, 6.45) is 1.07. The number of benzene rings is 1. The number of urea groups is 1. The molecule has 0 spiro atoms. The van der Waals surface area contributed by atoms with Gasteiger partial charge in [0.2, 0.25) is 5.91 Å². The fraction of sp³-hybridized carbons (Fsp3) is 0.389. The fourth-order valence-electron chi connectivity index (χ4n) is 2.43. The Balaban J connectivity index is 1.86. The first kappa shape index (κ1) is 18.5. The molecular weight excluding hydrogens is 320 g/mol. The molecule has 0 aliphatic heterocycles. The molecule has 25 heavy (non-hydrogen) atoms. The van der Waals surface area contributed by atoms with Crippen LogP contribution < -0.4 is 16.0 Å². The van der Waals surface area contributed by atoms with Crippen molar-refractivity contribution in [3.05, 3.63) is 41.3 Å². The molecule has 1 aromatic heterocycles. The Morgan fingerprint density at radius 3 is 2.24 bits per heavy atom. The van der Waals surface area contributed by atoms with Crippen LogP contribution in [0.1, 0.15) is 37.3 Å². The molecule has 0 saturated heterocycles. The number of amides is 3. The van der Waals surface area contributed by atoms with Gasteiger partial charge in [0, 0.05) is 29.4 Å². The van der Waals surface area contributed by atoms with E-state index < -0.39 is 0 Å². The third kappa shape index (κ3) is 5.34. The minimum Gasteiger partial charge on any atom is -0.361 e. The molecule has 1 aromatic carbocycles. The van der Waals surface area contributed by atoms with Crippen LogP contribution in [0.15, 0.2) is 28.8 Å². The molecule has 1 heterocycles. The van der Waals surface area contributed by atoms with Gasteiger partial charge in [-0.3, -0.25) is 4.79 Å². The van der Waals surface area contributed by atoms with Crippen LogP contribution in [0, 0.1) is 13.8 Å². The third-order valence-electron chi connectivity index (χ3n) is 3.82. The maximum atomic E-state index is 12.1. The maximum absolute atomic E-state index is 12.1. The van der Waals surface area contributed by atoms with E-state index in [9.17, 15) is 9.59 Å². The van der Waals surface area contributed by atoms with Gasteiger partial charge in [-0.1, -0.05) is 12.1 Å². The fourth-order valence-corrected chi connectivity index (χ4v) is 2.43. The lowest BCUT2D eigenvalue weighted by Crippen LogP contribution is -2.37. The zero-order valence-corrected chi connectivity index (χ0v) is 15.0. The summed E-state index contributed by atoms with van der Waals surface area (Å²) in [4.78, 5) is 23.4. The highest BCUT2D eigenvalue weighted by molar-refractivity contribution is 5.92. The highest BCUT2D eigenvalue weighted by Crippen LogP contribution is 2.15. The molecule has 0 fully saturated rings.